The van der Waals surface area contributed by atoms with Gasteiger partial charge in [0.15, 0.2) is 0 Å². The molecule has 0 heterocycles. The van der Waals surface area contributed by atoms with Crippen molar-refractivity contribution in [3.63, 3.8) is 0 Å². The Morgan fingerprint density at radius 2 is 1.75 bits per heavy atom. The van der Waals surface area contributed by atoms with Crippen molar-refractivity contribution in [3.8, 4) is 0 Å². The van der Waals surface area contributed by atoms with Crippen LogP contribution in [-0.2, 0) is 5.41 Å². The maximum absolute atomic E-state index is 13.1. The van der Waals surface area contributed by atoms with Crippen LogP contribution in [-0.4, -0.2) is 26.0 Å². The van der Waals surface area contributed by atoms with E-state index in [1.54, 1.807) is 0 Å². The molecule has 1 saturated carbocycles. The third-order valence-electron chi connectivity index (χ3n) is 4.94. The number of nitrogens with zero attached hydrogens (tertiary/aromatic N) is 1. The smallest absolute Gasteiger partial charge is 0.251 e. The predicted octanol–water partition coefficient (Wildman–Crippen LogP) is 3.74. The molecule has 1 amide bonds. The van der Waals surface area contributed by atoms with Crippen LogP contribution in [0.5, 0.6) is 0 Å². The predicted molar refractivity (Wildman–Crippen MR) is 95.0 cm³/mol. The Bertz CT molecular complexity index is 705. The lowest BCUT2D eigenvalue weighted by atomic mass is 9.96. The molecule has 1 aliphatic carbocycles. The zero-order valence-corrected chi connectivity index (χ0v) is 14.2. The third-order valence-corrected chi connectivity index (χ3v) is 4.94. The minimum atomic E-state index is -0.226. The van der Waals surface area contributed by atoms with Gasteiger partial charge in [-0.2, -0.15) is 0 Å². The van der Waals surface area contributed by atoms with Gasteiger partial charge in [-0.1, -0.05) is 12.1 Å². The van der Waals surface area contributed by atoms with Gasteiger partial charge in [0.25, 0.3) is 5.91 Å². The summed E-state index contributed by atoms with van der Waals surface area (Å²) in [4.78, 5) is 14.5. The second-order valence-electron chi connectivity index (χ2n) is 6.53. The number of carbonyl (C=O) groups excluding carboxylic acids is 1. The molecule has 0 saturated heterocycles. The molecule has 0 aromatic heterocycles. The summed E-state index contributed by atoms with van der Waals surface area (Å²) in [6, 6.07) is 14.3. The highest BCUT2D eigenvalue weighted by Gasteiger charge is 2.44. The normalized spacial score (nSPS) is 15.0. The SMILES string of the molecule is CCN(C)c1ccc(C(=O)NCC2(c3ccc(F)cc3)CC2)cc1. The van der Waals surface area contributed by atoms with E-state index in [2.05, 4.69) is 17.1 Å². The molecule has 0 aliphatic heterocycles. The number of halogens is 1. The molecular weight excluding hydrogens is 303 g/mol. The van der Waals surface area contributed by atoms with Crippen LogP contribution in [0.4, 0.5) is 10.1 Å². The van der Waals surface area contributed by atoms with Gasteiger partial charge in [0, 0.05) is 36.8 Å². The lowest BCUT2D eigenvalue weighted by Crippen LogP contribution is -2.32. The molecule has 4 heteroatoms. The first-order chi connectivity index (χ1) is 11.5. The van der Waals surface area contributed by atoms with Crippen molar-refractivity contribution in [2.75, 3.05) is 25.0 Å². The number of carbonyl (C=O) groups is 1. The van der Waals surface area contributed by atoms with Crippen LogP contribution in [0.25, 0.3) is 0 Å². The van der Waals surface area contributed by atoms with Crippen molar-refractivity contribution in [2.45, 2.75) is 25.2 Å². The molecule has 1 fully saturated rings. The van der Waals surface area contributed by atoms with Crippen LogP contribution in [0.15, 0.2) is 48.5 Å². The van der Waals surface area contributed by atoms with Gasteiger partial charge in [-0.25, -0.2) is 4.39 Å². The Kier molecular flexibility index (Phi) is 4.56. The van der Waals surface area contributed by atoms with Crippen LogP contribution >= 0.6 is 0 Å². The number of nitrogens with one attached hydrogen (secondary N) is 1. The van der Waals surface area contributed by atoms with Gasteiger partial charge >= 0.3 is 0 Å². The Balaban J connectivity index is 1.62. The first-order valence-corrected chi connectivity index (χ1v) is 8.39. The van der Waals surface area contributed by atoms with E-state index in [0.29, 0.717) is 12.1 Å². The van der Waals surface area contributed by atoms with Gasteiger partial charge in [0.05, 0.1) is 0 Å². The van der Waals surface area contributed by atoms with Gasteiger partial charge in [0.2, 0.25) is 0 Å². The Hall–Kier alpha value is -2.36. The average molecular weight is 326 g/mol. The topological polar surface area (TPSA) is 32.3 Å². The summed E-state index contributed by atoms with van der Waals surface area (Å²) in [5.41, 5.74) is 2.84. The molecule has 0 unspecified atom stereocenters. The van der Waals surface area contributed by atoms with Crippen LogP contribution in [0.1, 0.15) is 35.7 Å². The molecule has 126 valence electrons. The minimum Gasteiger partial charge on any atom is -0.375 e. The van der Waals surface area contributed by atoms with Crippen LogP contribution in [0, 0.1) is 5.82 Å². The van der Waals surface area contributed by atoms with Gasteiger partial charge in [-0.05, 0) is 61.7 Å². The number of amides is 1. The number of hydrogen-bond donors (Lipinski definition) is 1. The highest BCUT2D eigenvalue weighted by Crippen LogP contribution is 2.47. The second kappa shape index (κ2) is 6.63. The molecule has 3 rings (SSSR count). The van der Waals surface area contributed by atoms with Crippen molar-refractivity contribution < 1.29 is 9.18 Å². The van der Waals surface area contributed by atoms with Crippen molar-refractivity contribution >= 4 is 11.6 Å². The lowest BCUT2D eigenvalue weighted by molar-refractivity contribution is 0.0949. The third kappa shape index (κ3) is 3.42. The Morgan fingerprint density at radius 3 is 2.29 bits per heavy atom. The van der Waals surface area contributed by atoms with Crippen LogP contribution in [0.2, 0.25) is 0 Å². The molecule has 24 heavy (non-hydrogen) atoms. The molecule has 1 N–H and O–H groups in total. The summed E-state index contributed by atoms with van der Waals surface area (Å²) in [5.74, 6) is -0.287. The molecule has 3 nitrogen and oxygen atoms in total. The number of hydrogen-bond acceptors (Lipinski definition) is 2. The molecule has 2 aromatic carbocycles. The number of anilines is 1. The zero-order chi connectivity index (χ0) is 17.2. The highest BCUT2D eigenvalue weighted by molar-refractivity contribution is 5.94. The van der Waals surface area contributed by atoms with Gasteiger partial charge in [0.1, 0.15) is 5.82 Å². The summed E-state index contributed by atoms with van der Waals surface area (Å²) < 4.78 is 13.1. The molecule has 0 spiro atoms. The summed E-state index contributed by atoms with van der Waals surface area (Å²) in [5, 5.41) is 3.03. The van der Waals surface area contributed by atoms with Crippen LogP contribution in [0.3, 0.4) is 0 Å². The largest absolute Gasteiger partial charge is 0.375 e. The van der Waals surface area contributed by atoms with E-state index in [9.17, 15) is 9.18 Å². The van der Waals surface area contributed by atoms with Crippen molar-refractivity contribution in [2.24, 2.45) is 0 Å². The molecular formula is C20H23FN2O. The van der Waals surface area contributed by atoms with Crippen molar-refractivity contribution in [1.29, 1.82) is 0 Å². The Morgan fingerprint density at radius 1 is 1.12 bits per heavy atom. The van der Waals surface area contributed by atoms with Crippen molar-refractivity contribution in [1.82, 2.24) is 5.32 Å². The summed E-state index contributed by atoms with van der Waals surface area (Å²) in [6.07, 6.45) is 2.05. The first-order valence-electron chi connectivity index (χ1n) is 8.39. The standard InChI is InChI=1S/C20H23FN2O/c1-3-23(2)18-10-4-15(5-11-18)19(24)22-14-20(12-13-20)16-6-8-17(21)9-7-16/h4-11H,3,12-14H2,1-2H3,(H,22,24). The maximum atomic E-state index is 13.1. The fourth-order valence-electron chi connectivity index (χ4n) is 2.92. The van der Waals surface area contributed by atoms with Gasteiger partial charge in [-0.3, -0.25) is 4.79 Å². The molecule has 0 atom stereocenters. The van der Waals surface area contributed by atoms with Crippen LogP contribution < -0.4 is 10.2 Å². The summed E-state index contributed by atoms with van der Waals surface area (Å²) in [7, 11) is 2.02. The van der Waals surface area contributed by atoms with E-state index in [4.69, 9.17) is 0 Å². The maximum Gasteiger partial charge on any atom is 0.251 e. The fourth-order valence-corrected chi connectivity index (χ4v) is 2.92. The quantitative estimate of drug-likeness (QED) is 0.877. The Labute approximate surface area is 142 Å². The fraction of sp³-hybridized carbons (Fsp3) is 0.350. The molecule has 1 aliphatic rings. The minimum absolute atomic E-state index is 0.0221. The molecule has 2 aromatic rings. The van der Waals surface area contributed by atoms with E-state index >= 15 is 0 Å². The number of benzene rings is 2. The van der Waals surface area contributed by atoms with Gasteiger partial charge < -0.3 is 10.2 Å². The zero-order valence-electron chi connectivity index (χ0n) is 14.2. The number of rotatable bonds is 6. The van der Waals surface area contributed by atoms with E-state index in [1.807, 2.05) is 43.4 Å². The van der Waals surface area contributed by atoms with E-state index in [0.717, 1.165) is 30.6 Å². The van der Waals surface area contributed by atoms with E-state index in [-0.39, 0.29) is 17.1 Å². The summed E-state index contributed by atoms with van der Waals surface area (Å²) >= 11 is 0. The van der Waals surface area contributed by atoms with Crippen molar-refractivity contribution in [3.05, 3.63) is 65.5 Å². The monoisotopic (exact) mass is 326 g/mol. The molecule has 0 bridgehead atoms. The van der Waals surface area contributed by atoms with E-state index in [1.165, 1.54) is 12.1 Å². The second-order valence-corrected chi connectivity index (χ2v) is 6.53. The average Bonchev–Trinajstić information content (AvgIpc) is 3.41. The van der Waals surface area contributed by atoms with Gasteiger partial charge in [-0.15, -0.1) is 0 Å². The summed E-state index contributed by atoms with van der Waals surface area (Å²) in [6.45, 7) is 3.60. The first kappa shape index (κ1) is 16.5. The lowest BCUT2D eigenvalue weighted by Gasteiger charge is -2.18. The van der Waals surface area contributed by atoms with E-state index < -0.39 is 0 Å². The molecule has 0 radical (unpaired) electrons. The highest BCUT2D eigenvalue weighted by atomic mass is 19.1.